The van der Waals surface area contributed by atoms with Gasteiger partial charge in [-0.1, -0.05) is 0 Å². The smallest absolute Gasteiger partial charge is 0.261 e. The van der Waals surface area contributed by atoms with Crippen LogP contribution in [0.25, 0.3) is 5.65 Å². The largest absolute Gasteiger partial charge is 0.491 e. The fraction of sp³-hybridized carbons (Fsp3) is 0.435. The zero-order chi connectivity index (χ0) is 21.2. The van der Waals surface area contributed by atoms with Gasteiger partial charge >= 0.3 is 0 Å². The molecule has 8 nitrogen and oxygen atoms in total. The van der Waals surface area contributed by atoms with Gasteiger partial charge in [0.05, 0.1) is 18.5 Å². The molecule has 1 aromatic carbocycles. The lowest BCUT2D eigenvalue weighted by Crippen LogP contribution is -2.24. The minimum Gasteiger partial charge on any atom is -0.491 e. The topological polar surface area (TPSA) is 89.8 Å². The van der Waals surface area contributed by atoms with Gasteiger partial charge in [-0.05, 0) is 50.9 Å². The maximum absolute atomic E-state index is 13.1. The molecular weight excluding hydrogens is 394 g/mol. The summed E-state index contributed by atoms with van der Waals surface area (Å²) in [5.74, 6) is 3.23. The number of aromatic nitrogens is 3. The van der Waals surface area contributed by atoms with Gasteiger partial charge < -0.3 is 20.1 Å². The Morgan fingerprint density at radius 3 is 3.03 bits per heavy atom. The van der Waals surface area contributed by atoms with E-state index in [4.69, 9.17) is 9.47 Å². The quantitative estimate of drug-likeness (QED) is 0.661. The van der Waals surface area contributed by atoms with E-state index in [1.165, 1.54) is 6.20 Å². The highest BCUT2D eigenvalue weighted by molar-refractivity contribution is 6.08. The molecule has 2 fully saturated rings. The van der Waals surface area contributed by atoms with Crippen molar-refractivity contribution in [3.05, 3.63) is 47.9 Å². The first-order chi connectivity index (χ1) is 15.0. The summed E-state index contributed by atoms with van der Waals surface area (Å²) in [5, 5.41) is 10.7. The van der Waals surface area contributed by atoms with E-state index in [0.717, 1.165) is 30.8 Å². The summed E-state index contributed by atoms with van der Waals surface area (Å²) in [5.41, 5.74) is 2.40. The molecule has 0 bridgehead atoms. The molecular formula is C23H25N5O3. The summed E-state index contributed by atoms with van der Waals surface area (Å²) in [6, 6.07) is 5.68. The van der Waals surface area contributed by atoms with E-state index in [1.54, 1.807) is 23.0 Å². The highest BCUT2D eigenvalue weighted by Crippen LogP contribution is 2.49. The van der Waals surface area contributed by atoms with Crippen molar-refractivity contribution < 1.29 is 14.3 Å². The normalized spacial score (nSPS) is 25.0. The van der Waals surface area contributed by atoms with Crippen molar-refractivity contribution in [2.24, 2.45) is 17.8 Å². The Morgan fingerprint density at radius 1 is 1.35 bits per heavy atom. The van der Waals surface area contributed by atoms with Crippen LogP contribution in [0.4, 0.5) is 5.69 Å². The zero-order valence-electron chi connectivity index (χ0n) is 17.6. The van der Waals surface area contributed by atoms with Crippen LogP contribution in [-0.2, 0) is 6.42 Å². The van der Waals surface area contributed by atoms with E-state index >= 15 is 0 Å². The van der Waals surface area contributed by atoms with Crippen molar-refractivity contribution in [2.45, 2.75) is 25.9 Å². The summed E-state index contributed by atoms with van der Waals surface area (Å²) in [4.78, 5) is 17.4. The second-order valence-electron chi connectivity index (χ2n) is 9.36. The molecule has 1 aliphatic carbocycles. The minimum absolute atomic E-state index is 0.260. The number of hydrogen-bond acceptors (Lipinski definition) is 6. The van der Waals surface area contributed by atoms with Crippen LogP contribution in [0.3, 0.4) is 0 Å². The average molecular weight is 419 g/mol. The monoisotopic (exact) mass is 419 g/mol. The highest BCUT2D eigenvalue weighted by atomic mass is 16.5. The summed E-state index contributed by atoms with van der Waals surface area (Å²) >= 11 is 0. The Labute approximate surface area is 179 Å². The molecule has 2 N–H and O–H groups in total. The molecule has 0 radical (unpaired) electrons. The van der Waals surface area contributed by atoms with Gasteiger partial charge in [-0.3, -0.25) is 4.79 Å². The van der Waals surface area contributed by atoms with Crippen LogP contribution < -0.4 is 20.1 Å². The Hall–Kier alpha value is -3.13. The predicted octanol–water partition coefficient (Wildman–Crippen LogP) is 2.54. The Balaban J connectivity index is 1.28. The number of nitrogens with zero attached hydrogens (tertiary/aromatic N) is 3. The number of benzene rings is 1. The third-order valence-electron chi connectivity index (χ3n) is 6.64. The van der Waals surface area contributed by atoms with Gasteiger partial charge in [0.25, 0.3) is 5.91 Å². The van der Waals surface area contributed by atoms with Crippen molar-refractivity contribution in [3.8, 4) is 11.5 Å². The van der Waals surface area contributed by atoms with Gasteiger partial charge in [0.15, 0.2) is 5.65 Å². The molecule has 31 heavy (non-hydrogen) atoms. The molecule has 3 aliphatic rings. The summed E-state index contributed by atoms with van der Waals surface area (Å²) in [7, 11) is 0. The lowest BCUT2D eigenvalue weighted by molar-refractivity contribution is 0.102. The number of amides is 1. The predicted molar refractivity (Wildman–Crippen MR) is 115 cm³/mol. The van der Waals surface area contributed by atoms with Gasteiger partial charge in [0.2, 0.25) is 0 Å². The maximum Gasteiger partial charge on any atom is 0.261 e. The lowest BCUT2D eigenvalue weighted by Gasteiger charge is -2.17. The first kappa shape index (κ1) is 18.6. The van der Waals surface area contributed by atoms with Crippen LogP contribution in [0.15, 0.2) is 36.8 Å². The standard InChI is InChI=1S/C23H25N5O3/c1-23(2)8-13-6-18(27-22(29)16-11-26-28-5-3-4-25-21(16)28)20(7-19(13)31-23)30-12-17-14-9-24-10-15(14)17/h3-7,11,14-15,17,24H,8-10,12H2,1-2H3,(H,27,29)/t14-,15+,17-. The molecule has 1 amide bonds. The molecule has 0 spiro atoms. The number of carbonyl (C=O) groups excluding carboxylic acids is 1. The van der Waals surface area contributed by atoms with Crippen molar-refractivity contribution in [2.75, 3.05) is 25.0 Å². The fourth-order valence-electron chi connectivity index (χ4n) is 5.01. The first-order valence-electron chi connectivity index (χ1n) is 10.8. The van der Waals surface area contributed by atoms with Gasteiger partial charge in [0.1, 0.15) is 22.7 Å². The second kappa shape index (κ2) is 6.68. The number of rotatable bonds is 5. The number of fused-ring (bicyclic) bond motifs is 3. The second-order valence-corrected chi connectivity index (χ2v) is 9.36. The molecule has 3 atom stereocenters. The fourth-order valence-corrected chi connectivity index (χ4v) is 5.01. The molecule has 1 saturated carbocycles. The number of hydrogen-bond donors (Lipinski definition) is 2. The average Bonchev–Trinajstić information content (AvgIpc) is 3.14. The van der Waals surface area contributed by atoms with E-state index in [-0.39, 0.29) is 11.5 Å². The van der Waals surface area contributed by atoms with E-state index in [2.05, 4.69) is 34.6 Å². The number of nitrogens with one attached hydrogen (secondary N) is 2. The van der Waals surface area contributed by atoms with Gasteiger partial charge in [-0.15, -0.1) is 0 Å². The van der Waals surface area contributed by atoms with E-state index in [9.17, 15) is 4.79 Å². The summed E-state index contributed by atoms with van der Waals surface area (Å²) in [6.07, 6.45) is 5.74. The van der Waals surface area contributed by atoms with Crippen LogP contribution >= 0.6 is 0 Å². The molecule has 8 heteroatoms. The summed E-state index contributed by atoms with van der Waals surface area (Å²) in [6.45, 7) is 6.93. The minimum atomic E-state index is -0.270. The zero-order valence-corrected chi connectivity index (χ0v) is 17.6. The van der Waals surface area contributed by atoms with E-state index in [0.29, 0.717) is 47.0 Å². The number of anilines is 1. The van der Waals surface area contributed by atoms with Gasteiger partial charge in [-0.2, -0.15) is 5.10 Å². The van der Waals surface area contributed by atoms with Crippen molar-refractivity contribution in [1.29, 1.82) is 0 Å². The molecule has 0 unspecified atom stereocenters. The molecule has 2 aliphatic heterocycles. The molecule has 160 valence electrons. The molecule has 4 heterocycles. The van der Waals surface area contributed by atoms with E-state index < -0.39 is 0 Å². The van der Waals surface area contributed by atoms with Crippen LogP contribution in [0.5, 0.6) is 11.5 Å². The number of carbonyl (C=O) groups is 1. The molecule has 1 saturated heterocycles. The van der Waals surface area contributed by atoms with Gasteiger partial charge in [-0.25, -0.2) is 9.50 Å². The maximum atomic E-state index is 13.1. The summed E-state index contributed by atoms with van der Waals surface area (Å²) < 4.78 is 13.9. The van der Waals surface area contributed by atoms with Crippen LogP contribution in [-0.4, -0.2) is 45.8 Å². The molecule has 2 aromatic heterocycles. The molecule has 6 rings (SSSR count). The number of ether oxygens (including phenoxy) is 2. The third-order valence-corrected chi connectivity index (χ3v) is 6.64. The molecule has 3 aromatic rings. The SMILES string of the molecule is CC1(C)Cc2cc(NC(=O)c3cnn4cccnc34)c(OC[C@@H]3[C@@H]4CNC[C@@H]43)cc2O1. The number of piperidine rings is 1. The van der Waals surface area contributed by atoms with Crippen molar-refractivity contribution in [1.82, 2.24) is 19.9 Å². The van der Waals surface area contributed by atoms with Crippen LogP contribution in [0.2, 0.25) is 0 Å². The van der Waals surface area contributed by atoms with Crippen LogP contribution in [0.1, 0.15) is 29.8 Å². The van der Waals surface area contributed by atoms with E-state index in [1.807, 2.05) is 12.1 Å². The highest BCUT2D eigenvalue weighted by Gasteiger charge is 2.53. The first-order valence-corrected chi connectivity index (χ1v) is 10.8. The van der Waals surface area contributed by atoms with Crippen LogP contribution in [0, 0.1) is 17.8 Å². The Morgan fingerprint density at radius 2 is 2.19 bits per heavy atom. The lowest BCUT2D eigenvalue weighted by atomic mass is 10.0. The Kier molecular flexibility index (Phi) is 4.02. The van der Waals surface area contributed by atoms with Gasteiger partial charge in [0, 0.05) is 36.4 Å². The Bertz CT molecular complexity index is 1180. The van der Waals surface area contributed by atoms with Crippen molar-refractivity contribution in [3.63, 3.8) is 0 Å². The third kappa shape index (κ3) is 3.22. The van der Waals surface area contributed by atoms with Crippen molar-refractivity contribution >= 4 is 17.2 Å².